The van der Waals surface area contributed by atoms with Crippen molar-refractivity contribution in [2.45, 2.75) is 43.8 Å². The Kier molecular flexibility index (Phi) is 5.33. The van der Waals surface area contributed by atoms with E-state index in [9.17, 15) is 36.9 Å². The number of nitro groups is 1. The summed E-state index contributed by atoms with van der Waals surface area (Å²) in [6.45, 7) is 0. The number of alkyl halides is 5. The normalized spacial score (nSPS) is 21.3. The largest absolute Gasteiger partial charge is 0.481 e. The molecule has 1 aromatic rings. The van der Waals surface area contributed by atoms with E-state index in [1.165, 1.54) is 0 Å². The van der Waals surface area contributed by atoms with Crippen LogP contribution in [0.3, 0.4) is 0 Å². The summed E-state index contributed by atoms with van der Waals surface area (Å²) in [7, 11) is 0. The standard InChI is InChI=1S/C14H14F5N3O4/c15-13(16,14(17,18)19)11-5-9(10(6-20-11)22(25)26)21-8-3-1-7(2-4-8)12(23)24/h5-8H,1-4H2,(H,20,21)(H,23,24). The highest BCUT2D eigenvalue weighted by Crippen LogP contribution is 2.44. The molecule has 0 aliphatic heterocycles. The fraction of sp³-hybridized carbons (Fsp3) is 0.571. The predicted octanol–water partition coefficient (Wildman–Crippen LogP) is 3.70. The summed E-state index contributed by atoms with van der Waals surface area (Å²) >= 11 is 0. The molecule has 7 nitrogen and oxygen atoms in total. The van der Waals surface area contributed by atoms with E-state index in [1.54, 1.807) is 0 Å². The van der Waals surface area contributed by atoms with Crippen molar-refractivity contribution < 1.29 is 36.8 Å². The number of carboxylic acid groups (broad SMARTS) is 1. The number of anilines is 1. The van der Waals surface area contributed by atoms with Crippen molar-refractivity contribution in [2.75, 3.05) is 5.32 Å². The van der Waals surface area contributed by atoms with E-state index >= 15 is 0 Å². The van der Waals surface area contributed by atoms with Crippen molar-refractivity contribution in [2.24, 2.45) is 5.92 Å². The van der Waals surface area contributed by atoms with Crippen LogP contribution >= 0.6 is 0 Å². The smallest absolute Gasteiger partial charge is 0.459 e. The molecule has 12 heteroatoms. The lowest BCUT2D eigenvalue weighted by Gasteiger charge is -2.27. The van der Waals surface area contributed by atoms with Gasteiger partial charge in [-0.15, -0.1) is 0 Å². The van der Waals surface area contributed by atoms with Gasteiger partial charge in [0.2, 0.25) is 0 Å². The Bertz CT molecular complexity index is 702. The lowest BCUT2D eigenvalue weighted by Crippen LogP contribution is -2.35. The summed E-state index contributed by atoms with van der Waals surface area (Å²) in [4.78, 5) is 23.9. The first-order chi connectivity index (χ1) is 11.9. The summed E-state index contributed by atoms with van der Waals surface area (Å²) < 4.78 is 64.3. The van der Waals surface area contributed by atoms with E-state index in [-0.39, 0.29) is 25.7 Å². The maximum atomic E-state index is 13.4. The van der Waals surface area contributed by atoms with Gasteiger partial charge in [-0.3, -0.25) is 14.9 Å². The van der Waals surface area contributed by atoms with Gasteiger partial charge in [-0.25, -0.2) is 4.98 Å². The van der Waals surface area contributed by atoms with Gasteiger partial charge in [0, 0.05) is 6.04 Å². The van der Waals surface area contributed by atoms with Crippen molar-refractivity contribution in [3.8, 4) is 0 Å². The number of carboxylic acids is 1. The van der Waals surface area contributed by atoms with E-state index in [1.807, 2.05) is 0 Å². The van der Waals surface area contributed by atoms with Crippen LogP contribution in [0.4, 0.5) is 33.3 Å². The number of hydrogen-bond donors (Lipinski definition) is 2. The molecule has 0 radical (unpaired) electrons. The number of aliphatic carboxylic acids is 1. The van der Waals surface area contributed by atoms with Crippen molar-refractivity contribution in [1.29, 1.82) is 0 Å². The molecular formula is C14H14F5N3O4. The zero-order valence-electron chi connectivity index (χ0n) is 13.1. The number of nitrogens with zero attached hydrogens (tertiary/aromatic N) is 2. The topological polar surface area (TPSA) is 105 Å². The molecular weight excluding hydrogens is 369 g/mol. The van der Waals surface area contributed by atoms with Gasteiger partial charge in [0.15, 0.2) is 0 Å². The summed E-state index contributed by atoms with van der Waals surface area (Å²) in [5, 5.41) is 22.5. The molecule has 0 aromatic carbocycles. The van der Waals surface area contributed by atoms with Gasteiger partial charge < -0.3 is 10.4 Å². The summed E-state index contributed by atoms with van der Waals surface area (Å²) in [5.74, 6) is -6.82. The first-order valence-corrected chi connectivity index (χ1v) is 7.52. The van der Waals surface area contributed by atoms with Gasteiger partial charge in [-0.1, -0.05) is 0 Å². The van der Waals surface area contributed by atoms with Crippen molar-refractivity contribution in [1.82, 2.24) is 4.98 Å². The minimum atomic E-state index is -5.90. The van der Waals surface area contributed by atoms with Gasteiger partial charge in [-0.2, -0.15) is 22.0 Å². The van der Waals surface area contributed by atoms with Crippen molar-refractivity contribution in [3.63, 3.8) is 0 Å². The highest BCUT2D eigenvalue weighted by atomic mass is 19.4. The third kappa shape index (κ3) is 3.99. The number of carbonyl (C=O) groups is 1. The average molecular weight is 383 g/mol. The molecule has 1 heterocycles. The number of aromatic nitrogens is 1. The second-order valence-electron chi connectivity index (χ2n) is 5.95. The Hall–Kier alpha value is -2.53. The van der Waals surface area contributed by atoms with Gasteiger partial charge in [0.1, 0.15) is 17.6 Å². The van der Waals surface area contributed by atoms with Crippen LogP contribution < -0.4 is 5.32 Å². The second kappa shape index (κ2) is 7.00. The van der Waals surface area contributed by atoms with Crippen LogP contribution in [0.5, 0.6) is 0 Å². The molecule has 0 saturated heterocycles. The number of halogens is 5. The van der Waals surface area contributed by atoms with Gasteiger partial charge in [0.25, 0.3) is 0 Å². The predicted molar refractivity (Wildman–Crippen MR) is 77.8 cm³/mol. The molecule has 1 aliphatic rings. The van der Waals surface area contributed by atoms with Crippen LogP contribution in [0.25, 0.3) is 0 Å². The maximum Gasteiger partial charge on any atom is 0.459 e. The quantitative estimate of drug-likeness (QED) is 0.456. The lowest BCUT2D eigenvalue weighted by atomic mass is 9.86. The Labute approximate surface area is 143 Å². The van der Waals surface area contributed by atoms with Crippen LogP contribution in [0.15, 0.2) is 12.3 Å². The van der Waals surface area contributed by atoms with E-state index < -0.39 is 52.0 Å². The third-order valence-corrected chi connectivity index (χ3v) is 4.19. The molecule has 2 rings (SSSR count). The third-order valence-electron chi connectivity index (χ3n) is 4.19. The van der Waals surface area contributed by atoms with E-state index in [0.717, 1.165) is 0 Å². The van der Waals surface area contributed by atoms with Gasteiger partial charge >= 0.3 is 23.8 Å². The fourth-order valence-corrected chi connectivity index (χ4v) is 2.73. The highest BCUT2D eigenvalue weighted by molar-refractivity contribution is 5.70. The zero-order valence-corrected chi connectivity index (χ0v) is 13.1. The van der Waals surface area contributed by atoms with Crippen molar-refractivity contribution in [3.05, 3.63) is 28.1 Å². The molecule has 2 N–H and O–H groups in total. The molecule has 1 saturated carbocycles. The van der Waals surface area contributed by atoms with Crippen LogP contribution in [-0.4, -0.2) is 33.2 Å². The average Bonchev–Trinajstić information content (AvgIpc) is 2.54. The number of nitrogens with one attached hydrogen (secondary N) is 1. The monoisotopic (exact) mass is 383 g/mol. The first kappa shape index (κ1) is 19.8. The molecule has 26 heavy (non-hydrogen) atoms. The highest BCUT2D eigenvalue weighted by Gasteiger charge is 2.60. The Morgan fingerprint density at radius 1 is 1.23 bits per heavy atom. The second-order valence-corrected chi connectivity index (χ2v) is 5.95. The van der Waals surface area contributed by atoms with Crippen molar-refractivity contribution >= 4 is 17.3 Å². The number of rotatable bonds is 5. The van der Waals surface area contributed by atoms with E-state index in [2.05, 4.69) is 10.3 Å². The van der Waals surface area contributed by atoms with Crippen LogP contribution in [0.1, 0.15) is 31.4 Å². The molecule has 0 atom stereocenters. The Morgan fingerprint density at radius 2 is 1.81 bits per heavy atom. The van der Waals surface area contributed by atoms with Crippen LogP contribution in [0.2, 0.25) is 0 Å². The number of hydrogen-bond acceptors (Lipinski definition) is 5. The minimum absolute atomic E-state index is 0.261. The molecule has 0 bridgehead atoms. The minimum Gasteiger partial charge on any atom is -0.481 e. The zero-order chi connectivity index (χ0) is 19.7. The SMILES string of the molecule is O=C(O)C1CCC(Nc2cc(C(F)(F)C(F)(F)F)ncc2[N+](=O)[O-])CC1. The van der Waals surface area contributed by atoms with Crippen LogP contribution in [-0.2, 0) is 10.7 Å². The number of pyridine rings is 1. The fourth-order valence-electron chi connectivity index (χ4n) is 2.73. The van der Waals surface area contributed by atoms with Gasteiger partial charge in [-0.05, 0) is 31.7 Å². The summed E-state index contributed by atoms with van der Waals surface area (Å²) in [5.41, 5.74) is -2.91. The summed E-state index contributed by atoms with van der Waals surface area (Å²) in [6, 6.07) is -0.173. The Balaban J connectivity index is 2.27. The summed E-state index contributed by atoms with van der Waals surface area (Å²) in [6.07, 6.45) is -4.47. The molecule has 0 amide bonds. The first-order valence-electron chi connectivity index (χ1n) is 7.52. The molecule has 0 unspecified atom stereocenters. The van der Waals surface area contributed by atoms with Crippen LogP contribution in [0, 0.1) is 16.0 Å². The van der Waals surface area contributed by atoms with E-state index in [0.29, 0.717) is 12.3 Å². The van der Waals surface area contributed by atoms with E-state index in [4.69, 9.17) is 5.11 Å². The molecule has 144 valence electrons. The Morgan fingerprint density at radius 3 is 2.27 bits per heavy atom. The molecule has 0 spiro atoms. The molecule has 1 aliphatic carbocycles. The molecule has 1 aromatic heterocycles. The lowest BCUT2D eigenvalue weighted by molar-refractivity contribution is -0.384. The maximum absolute atomic E-state index is 13.4. The van der Waals surface area contributed by atoms with Gasteiger partial charge in [0.05, 0.1) is 10.8 Å². The molecule has 1 fully saturated rings.